The lowest BCUT2D eigenvalue weighted by atomic mass is 10.2. The third-order valence-electron chi connectivity index (χ3n) is 2.77. The molecule has 112 valence electrons. The fourth-order valence-corrected chi connectivity index (χ4v) is 4.45. The van der Waals surface area contributed by atoms with Gasteiger partial charge in [-0.25, -0.2) is 4.57 Å². The number of rotatable bonds is 4. The summed E-state index contributed by atoms with van der Waals surface area (Å²) in [7, 11) is 0. The average molecular weight is 326 g/mol. The SMILES string of the molecule is Cc1ccc(O)cc1OP(=O)(O)Sc1cc(O)ccc1C. The van der Waals surface area contributed by atoms with Gasteiger partial charge in [0.1, 0.15) is 17.2 Å². The third-order valence-corrected chi connectivity index (χ3v) is 5.57. The molecule has 0 aliphatic rings. The fraction of sp³-hybridized carbons (Fsp3) is 0.143. The van der Waals surface area contributed by atoms with Crippen molar-refractivity contribution in [3.05, 3.63) is 47.5 Å². The number of phenolic OH excluding ortho intramolecular Hbond substituents is 2. The highest BCUT2D eigenvalue weighted by Crippen LogP contribution is 2.60. The van der Waals surface area contributed by atoms with Gasteiger partial charge < -0.3 is 19.6 Å². The molecule has 2 aromatic rings. The van der Waals surface area contributed by atoms with Crippen molar-refractivity contribution in [2.45, 2.75) is 18.7 Å². The molecule has 5 nitrogen and oxygen atoms in total. The van der Waals surface area contributed by atoms with Gasteiger partial charge in [0.25, 0.3) is 0 Å². The first-order valence-electron chi connectivity index (χ1n) is 6.08. The quantitative estimate of drug-likeness (QED) is 0.737. The summed E-state index contributed by atoms with van der Waals surface area (Å²) in [5.74, 6) is 0.108. The van der Waals surface area contributed by atoms with Crippen LogP contribution in [0.15, 0.2) is 41.3 Å². The molecule has 2 aromatic carbocycles. The lowest BCUT2D eigenvalue weighted by Gasteiger charge is -2.15. The zero-order valence-corrected chi connectivity index (χ0v) is 13.2. The van der Waals surface area contributed by atoms with Crippen molar-refractivity contribution in [2.75, 3.05) is 0 Å². The Morgan fingerprint density at radius 2 is 1.57 bits per heavy atom. The lowest BCUT2D eigenvalue weighted by Crippen LogP contribution is -1.92. The molecule has 2 rings (SSSR count). The van der Waals surface area contributed by atoms with Crippen molar-refractivity contribution in [1.29, 1.82) is 0 Å². The standard InChI is InChI=1S/C14H15O5PS/c1-9-3-5-11(15)7-13(9)19-20(17,18)21-14-8-12(16)6-4-10(14)2/h3-8,15-16H,1-2H3,(H,17,18). The Hall–Kier alpha value is -1.62. The molecule has 1 unspecified atom stereocenters. The largest absolute Gasteiger partial charge is 0.508 e. The normalized spacial score (nSPS) is 13.7. The summed E-state index contributed by atoms with van der Waals surface area (Å²) in [4.78, 5) is 10.4. The Labute approximate surface area is 126 Å². The van der Waals surface area contributed by atoms with Crippen molar-refractivity contribution >= 4 is 18.2 Å². The van der Waals surface area contributed by atoms with Crippen molar-refractivity contribution in [1.82, 2.24) is 0 Å². The number of benzene rings is 2. The molecule has 0 aromatic heterocycles. The number of aromatic hydroxyl groups is 2. The van der Waals surface area contributed by atoms with Crippen LogP contribution >= 0.6 is 18.2 Å². The summed E-state index contributed by atoms with van der Waals surface area (Å²) in [6.45, 7) is -0.563. The van der Waals surface area contributed by atoms with E-state index < -0.39 is 6.80 Å². The van der Waals surface area contributed by atoms with Crippen LogP contribution in [0, 0.1) is 13.8 Å². The predicted molar refractivity (Wildman–Crippen MR) is 82.0 cm³/mol. The third kappa shape index (κ3) is 4.17. The maximum absolute atomic E-state index is 12.2. The predicted octanol–water partition coefficient (Wildman–Crippen LogP) is 3.99. The first-order chi connectivity index (χ1) is 9.77. The number of hydrogen-bond acceptors (Lipinski definition) is 5. The molecule has 0 saturated heterocycles. The number of hydrogen-bond donors (Lipinski definition) is 3. The van der Waals surface area contributed by atoms with E-state index >= 15 is 0 Å². The Kier molecular flexibility index (Phi) is 4.52. The first kappa shape index (κ1) is 15.8. The number of aryl methyl sites for hydroxylation is 2. The van der Waals surface area contributed by atoms with Crippen LogP contribution in [0.25, 0.3) is 0 Å². The molecule has 0 aliphatic heterocycles. The van der Waals surface area contributed by atoms with E-state index in [2.05, 4.69) is 0 Å². The van der Waals surface area contributed by atoms with Gasteiger partial charge in [-0.2, -0.15) is 0 Å². The van der Waals surface area contributed by atoms with Crippen LogP contribution in [-0.2, 0) is 4.57 Å². The Morgan fingerprint density at radius 3 is 2.24 bits per heavy atom. The van der Waals surface area contributed by atoms with E-state index in [-0.39, 0.29) is 17.2 Å². The van der Waals surface area contributed by atoms with E-state index in [0.29, 0.717) is 21.8 Å². The van der Waals surface area contributed by atoms with Crippen LogP contribution in [0.4, 0.5) is 0 Å². The van der Waals surface area contributed by atoms with Gasteiger partial charge in [-0.15, -0.1) is 0 Å². The Morgan fingerprint density at radius 1 is 1.00 bits per heavy atom. The molecule has 0 heterocycles. The Bertz CT molecular complexity index is 659. The fourth-order valence-electron chi connectivity index (χ4n) is 1.64. The molecule has 0 radical (unpaired) electrons. The minimum absolute atomic E-state index is 0.0108. The molecule has 1 atom stereocenters. The summed E-state index contributed by atoms with van der Waals surface area (Å²) in [6.07, 6.45) is 0. The van der Waals surface area contributed by atoms with Gasteiger partial charge in [0.2, 0.25) is 0 Å². The molecule has 7 heteroatoms. The van der Waals surface area contributed by atoms with E-state index in [1.165, 1.54) is 24.3 Å². The summed E-state index contributed by atoms with van der Waals surface area (Å²) in [5.41, 5.74) is 1.39. The van der Waals surface area contributed by atoms with E-state index in [1.807, 2.05) is 0 Å². The maximum Gasteiger partial charge on any atom is 0.442 e. The molecule has 0 aliphatic carbocycles. The molecule has 0 amide bonds. The van der Waals surface area contributed by atoms with Crippen LogP contribution in [0.2, 0.25) is 0 Å². The highest BCUT2D eigenvalue weighted by molar-refractivity contribution is 8.55. The topological polar surface area (TPSA) is 87.0 Å². The van der Waals surface area contributed by atoms with Crippen LogP contribution < -0.4 is 4.52 Å². The van der Waals surface area contributed by atoms with Crippen LogP contribution in [0.1, 0.15) is 11.1 Å². The lowest BCUT2D eigenvalue weighted by molar-refractivity contribution is 0.399. The van der Waals surface area contributed by atoms with Gasteiger partial charge in [0.05, 0.1) is 0 Å². The van der Waals surface area contributed by atoms with Gasteiger partial charge in [-0.05, 0) is 43.2 Å². The summed E-state index contributed by atoms with van der Waals surface area (Å²) in [5, 5.41) is 18.9. The molecule has 0 saturated carbocycles. The van der Waals surface area contributed by atoms with Gasteiger partial charge in [0, 0.05) is 22.3 Å². The summed E-state index contributed by atoms with van der Waals surface area (Å²) >= 11 is 0.643. The molecule has 21 heavy (non-hydrogen) atoms. The molecular weight excluding hydrogens is 311 g/mol. The second-order valence-corrected chi connectivity index (χ2v) is 8.22. The second kappa shape index (κ2) is 6.02. The monoisotopic (exact) mass is 326 g/mol. The highest BCUT2D eigenvalue weighted by atomic mass is 32.7. The Balaban J connectivity index is 2.24. The van der Waals surface area contributed by atoms with Gasteiger partial charge in [-0.1, -0.05) is 12.1 Å². The van der Waals surface area contributed by atoms with Crippen molar-refractivity contribution < 1.29 is 24.2 Å². The second-order valence-electron chi connectivity index (χ2n) is 4.55. The zero-order valence-electron chi connectivity index (χ0n) is 11.5. The summed E-state index contributed by atoms with van der Waals surface area (Å²) < 4.78 is 17.4. The van der Waals surface area contributed by atoms with Gasteiger partial charge in [-0.3, -0.25) is 0 Å². The van der Waals surface area contributed by atoms with Crippen LogP contribution in [0.5, 0.6) is 17.2 Å². The molecule has 0 bridgehead atoms. The van der Waals surface area contributed by atoms with E-state index in [9.17, 15) is 19.7 Å². The van der Waals surface area contributed by atoms with Gasteiger partial charge >= 0.3 is 6.80 Å². The first-order valence-corrected chi connectivity index (χ1v) is 9.08. The van der Waals surface area contributed by atoms with Crippen molar-refractivity contribution in [3.8, 4) is 17.2 Å². The highest BCUT2D eigenvalue weighted by Gasteiger charge is 2.25. The van der Waals surface area contributed by atoms with Crippen molar-refractivity contribution in [2.24, 2.45) is 0 Å². The molecule has 3 N–H and O–H groups in total. The number of phenols is 2. The molecular formula is C14H15O5PS. The van der Waals surface area contributed by atoms with Crippen molar-refractivity contribution in [3.63, 3.8) is 0 Å². The maximum atomic E-state index is 12.2. The minimum Gasteiger partial charge on any atom is -0.508 e. The van der Waals surface area contributed by atoms with Crippen LogP contribution in [0.3, 0.4) is 0 Å². The zero-order chi connectivity index (χ0) is 15.6. The average Bonchev–Trinajstić information content (AvgIpc) is 2.37. The van der Waals surface area contributed by atoms with E-state index in [1.54, 1.807) is 26.0 Å². The minimum atomic E-state index is -4.04. The van der Waals surface area contributed by atoms with E-state index in [4.69, 9.17) is 4.52 Å². The molecule has 0 spiro atoms. The smallest absolute Gasteiger partial charge is 0.442 e. The van der Waals surface area contributed by atoms with E-state index in [0.717, 1.165) is 5.56 Å². The summed E-state index contributed by atoms with van der Waals surface area (Å²) in [6, 6.07) is 8.90. The van der Waals surface area contributed by atoms with Crippen LogP contribution in [-0.4, -0.2) is 15.1 Å². The molecule has 0 fully saturated rings. The van der Waals surface area contributed by atoms with Gasteiger partial charge in [0.15, 0.2) is 0 Å².